The highest BCUT2D eigenvalue weighted by Crippen LogP contribution is 2.38. The Kier molecular flexibility index (Phi) is 10.1. The largest absolute Gasteiger partial charge is 0.484 e. The van der Waals surface area contributed by atoms with Crippen LogP contribution in [-0.4, -0.2) is 12.5 Å². The van der Waals surface area contributed by atoms with Gasteiger partial charge in [0.05, 0.1) is 0 Å². The molecule has 0 atom stereocenters. The molecule has 0 aromatic heterocycles. The van der Waals surface area contributed by atoms with E-state index in [1.54, 1.807) is 6.07 Å². The fourth-order valence-electron chi connectivity index (χ4n) is 4.36. The topological polar surface area (TPSA) is 9.23 Å². The first-order valence-electron chi connectivity index (χ1n) is 11.4. The zero-order valence-electron chi connectivity index (χ0n) is 17.9. The molecular weight excluding hydrogens is 373 g/mol. The van der Waals surface area contributed by atoms with Gasteiger partial charge in [0.25, 0.3) is 5.92 Å². The predicted molar refractivity (Wildman–Crippen MR) is 115 cm³/mol. The van der Waals surface area contributed by atoms with E-state index >= 15 is 0 Å². The molecular formula is C25H37F3O. The molecule has 0 heterocycles. The number of ether oxygens (including phenoxy) is 1. The maximum atomic E-state index is 14.4. The Balaban J connectivity index is 1.66. The van der Waals surface area contributed by atoms with Crippen LogP contribution in [0.3, 0.4) is 0 Å². The van der Waals surface area contributed by atoms with Gasteiger partial charge in [-0.1, -0.05) is 83.4 Å². The van der Waals surface area contributed by atoms with E-state index in [1.165, 1.54) is 63.2 Å². The first-order valence-corrected chi connectivity index (χ1v) is 11.4. The maximum absolute atomic E-state index is 14.4. The highest BCUT2D eigenvalue weighted by molar-refractivity contribution is 5.48. The number of unbranched alkanes of at least 4 members (excludes halogenated alkanes) is 5. The highest BCUT2D eigenvalue weighted by Gasteiger charge is 2.35. The van der Waals surface area contributed by atoms with Gasteiger partial charge in [-0.3, -0.25) is 0 Å². The van der Waals surface area contributed by atoms with Crippen LogP contribution in [0.5, 0.6) is 5.75 Å². The average Bonchev–Trinajstić information content (AvgIpc) is 2.70. The zero-order valence-corrected chi connectivity index (χ0v) is 17.9. The van der Waals surface area contributed by atoms with Crippen molar-refractivity contribution in [3.05, 3.63) is 36.2 Å². The quantitative estimate of drug-likeness (QED) is 0.296. The molecule has 1 aromatic rings. The predicted octanol–water partition coefficient (Wildman–Crippen LogP) is 8.43. The molecule has 0 N–H and O–H groups in total. The van der Waals surface area contributed by atoms with E-state index in [0.717, 1.165) is 25.7 Å². The van der Waals surface area contributed by atoms with Crippen LogP contribution in [0.25, 0.3) is 6.08 Å². The zero-order chi connectivity index (χ0) is 21.1. The van der Waals surface area contributed by atoms with Gasteiger partial charge in [-0.05, 0) is 42.4 Å². The van der Waals surface area contributed by atoms with Gasteiger partial charge in [-0.25, -0.2) is 13.2 Å². The van der Waals surface area contributed by atoms with Crippen molar-refractivity contribution in [1.82, 2.24) is 0 Å². The van der Waals surface area contributed by atoms with Crippen molar-refractivity contribution in [1.29, 1.82) is 0 Å². The van der Waals surface area contributed by atoms with Gasteiger partial charge in [0, 0.05) is 6.42 Å². The van der Waals surface area contributed by atoms with Crippen molar-refractivity contribution in [2.75, 3.05) is 6.61 Å². The molecule has 0 radical (unpaired) electrons. The van der Waals surface area contributed by atoms with Crippen molar-refractivity contribution in [3.63, 3.8) is 0 Å². The van der Waals surface area contributed by atoms with Gasteiger partial charge < -0.3 is 4.74 Å². The molecule has 1 aliphatic rings. The Morgan fingerprint density at radius 3 is 2.34 bits per heavy atom. The molecule has 1 aliphatic carbocycles. The highest BCUT2D eigenvalue weighted by atomic mass is 19.3. The molecule has 0 amide bonds. The summed E-state index contributed by atoms with van der Waals surface area (Å²) in [5, 5.41) is 0. The van der Waals surface area contributed by atoms with E-state index in [9.17, 15) is 13.2 Å². The van der Waals surface area contributed by atoms with Crippen LogP contribution in [-0.2, 0) is 0 Å². The molecule has 4 heteroatoms. The Labute approximate surface area is 174 Å². The van der Waals surface area contributed by atoms with E-state index < -0.39 is 18.3 Å². The molecule has 164 valence electrons. The lowest BCUT2D eigenvalue weighted by molar-refractivity contribution is -0.0649. The third-order valence-electron chi connectivity index (χ3n) is 6.15. The van der Waals surface area contributed by atoms with Crippen LogP contribution < -0.4 is 4.74 Å². The molecule has 0 bridgehead atoms. The van der Waals surface area contributed by atoms with Gasteiger partial charge in [-0.2, -0.15) is 0 Å². The molecule has 0 aliphatic heterocycles. The van der Waals surface area contributed by atoms with E-state index in [2.05, 4.69) is 13.5 Å². The van der Waals surface area contributed by atoms with Crippen molar-refractivity contribution in [3.8, 4) is 5.75 Å². The maximum Gasteiger partial charge on any atom is 0.281 e. The van der Waals surface area contributed by atoms with Crippen molar-refractivity contribution in [2.45, 2.75) is 89.9 Å². The Hall–Kier alpha value is -1.45. The third kappa shape index (κ3) is 8.84. The second-order valence-electron chi connectivity index (χ2n) is 8.69. The number of hydrogen-bond donors (Lipinski definition) is 0. The van der Waals surface area contributed by atoms with Gasteiger partial charge in [-0.15, -0.1) is 0 Å². The van der Waals surface area contributed by atoms with Gasteiger partial charge in [0.15, 0.2) is 18.2 Å². The monoisotopic (exact) mass is 410 g/mol. The fourth-order valence-corrected chi connectivity index (χ4v) is 4.36. The molecule has 29 heavy (non-hydrogen) atoms. The minimum absolute atomic E-state index is 0.0439. The molecule has 1 aromatic carbocycles. The van der Waals surface area contributed by atoms with E-state index in [1.807, 2.05) is 0 Å². The smallest absolute Gasteiger partial charge is 0.281 e. The Morgan fingerprint density at radius 1 is 1.03 bits per heavy atom. The standard InChI is InChI=1S/C25H37F3O/c1-3-5-6-7-8-9-10-21-11-13-22(14-12-21)18-25(27,28)19-29-24-16-15-20(4-2)17-23(24)26/h4,15-17,21-22H,2-3,5-14,18-19H2,1H3. The minimum Gasteiger partial charge on any atom is -0.484 e. The molecule has 1 saturated carbocycles. The lowest BCUT2D eigenvalue weighted by Crippen LogP contribution is -2.30. The van der Waals surface area contributed by atoms with Crippen LogP contribution in [0.4, 0.5) is 13.2 Å². The van der Waals surface area contributed by atoms with Crippen molar-refractivity contribution in [2.24, 2.45) is 11.8 Å². The summed E-state index contributed by atoms with van der Waals surface area (Å²) in [7, 11) is 0. The second kappa shape index (κ2) is 12.3. The molecule has 2 rings (SSSR count). The molecule has 1 nitrogen and oxygen atoms in total. The summed E-state index contributed by atoms with van der Waals surface area (Å²) >= 11 is 0. The summed E-state index contributed by atoms with van der Waals surface area (Å²) in [6.07, 6.45) is 14.3. The summed E-state index contributed by atoms with van der Waals surface area (Å²) in [5.41, 5.74) is 0.597. The van der Waals surface area contributed by atoms with Gasteiger partial charge >= 0.3 is 0 Å². The number of halogens is 3. The summed E-state index contributed by atoms with van der Waals surface area (Å²) in [6, 6.07) is 4.23. The Morgan fingerprint density at radius 2 is 1.69 bits per heavy atom. The number of alkyl halides is 2. The first-order chi connectivity index (χ1) is 13.9. The summed E-state index contributed by atoms with van der Waals surface area (Å²) in [4.78, 5) is 0. The molecule has 0 saturated heterocycles. The normalized spacial score (nSPS) is 19.9. The molecule has 0 spiro atoms. The van der Waals surface area contributed by atoms with Crippen LogP contribution >= 0.6 is 0 Å². The third-order valence-corrected chi connectivity index (χ3v) is 6.15. The molecule has 0 unspecified atom stereocenters. The van der Waals surface area contributed by atoms with E-state index in [0.29, 0.717) is 11.5 Å². The van der Waals surface area contributed by atoms with Crippen LogP contribution in [0, 0.1) is 17.7 Å². The van der Waals surface area contributed by atoms with E-state index in [-0.39, 0.29) is 18.1 Å². The van der Waals surface area contributed by atoms with Gasteiger partial charge in [0.1, 0.15) is 0 Å². The minimum atomic E-state index is -2.93. The number of rotatable bonds is 13. The second-order valence-corrected chi connectivity index (χ2v) is 8.69. The number of hydrogen-bond acceptors (Lipinski definition) is 1. The first kappa shape index (κ1) is 23.8. The summed E-state index contributed by atoms with van der Waals surface area (Å²) in [5.74, 6) is -2.94. The lowest BCUT2D eigenvalue weighted by Gasteiger charge is -2.31. The van der Waals surface area contributed by atoms with Crippen LogP contribution in [0.1, 0.15) is 89.5 Å². The fraction of sp³-hybridized carbons (Fsp3) is 0.680. The average molecular weight is 411 g/mol. The van der Waals surface area contributed by atoms with Crippen molar-refractivity contribution >= 4 is 6.08 Å². The van der Waals surface area contributed by atoms with E-state index in [4.69, 9.17) is 4.74 Å². The number of benzene rings is 1. The Bertz CT molecular complexity index is 606. The van der Waals surface area contributed by atoms with Crippen molar-refractivity contribution < 1.29 is 17.9 Å². The van der Waals surface area contributed by atoms with Crippen LogP contribution in [0.2, 0.25) is 0 Å². The molecule has 1 fully saturated rings. The summed E-state index contributed by atoms with van der Waals surface area (Å²) < 4.78 is 47.7. The SMILES string of the molecule is C=Cc1ccc(OCC(F)(F)CC2CCC(CCCCCCCC)CC2)c(F)c1. The van der Waals surface area contributed by atoms with Crippen LogP contribution in [0.15, 0.2) is 24.8 Å². The van der Waals surface area contributed by atoms with Gasteiger partial charge in [0.2, 0.25) is 0 Å². The lowest BCUT2D eigenvalue weighted by atomic mass is 9.77. The summed E-state index contributed by atoms with van der Waals surface area (Å²) in [6.45, 7) is 5.02.